The predicted molar refractivity (Wildman–Crippen MR) is 207 cm³/mol. The molecule has 7 aromatic carbocycles. The van der Waals surface area contributed by atoms with Gasteiger partial charge in [0.1, 0.15) is 0 Å². The molecule has 8 aromatic rings. The van der Waals surface area contributed by atoms with Crippen molar-refractivity contribution in [3.8, 4) is 90.8 Å². The molecule has 242 valence electrons. The molecule has 0 fully saturated rings. The molecule has 0 saturated carbocycles. The molecular formula is C47H29N5. The highest BCUT2D eigenvalue weighted by molar-refractivity contribution is 5.83. The Kier molecular flexibility index (Phi) is 8.66. The summed E-state index contributed by atoms with van der Waals surface area (Å²) < 4.78 is 0. The van der Waals surface area contributed by atoms with Crippen molar-refractivity contribution in [2.45, 2.75) is 0 Å². The minimum absolute atomic E-state index is 0.577. The van der Waals surface area contributed by atoms with Crippen LogP contribution < -0.4 is 0 Å². The summed E-state index contributed by atoms with van der Waals surface area (Å²) in [6.45, 7) is 0. The molecule has 0 spiro atoms. The molecule has 0 aliphatic rings. The largest absolute Gasteiger partial charge is 0.208 e. The summed E-state index contributed by atoms with van der Waals surface area (Å²) in [5.74, 6) is 1.78. The van der Waals surface area contributed by atoms with Gasteiger partial charge in [-0.05, 0) is 93.0 Å². The average molecular weight is 664 g/mol. The van der Waals surface area contributed by atoms with Crippen molar-refractivity contribution in [3.63, 3.8) is 0 Å². The fourth-order valence-corrected chi connectivity index (χ4v) is 6.24. The number of benzene rings is 7. The minimum atomic E-state index is 0.577. The van der Waals surface area contributed by atoms with E-state index in [-0.39, 0.29) is 0 Å². The van der Waals surface area contributed by atoms with E-state index in [0.717, 1.165) is 61.2 Å². The van der Waals surface area contributed by atoms with E-state index in [1.54, 1.807) is 0 Å². The maximum Gasteiger partial charge on any atom is 0.164 e. The lowest BCUT2D eigenvalue weighted by atomic mass is 9.93. The van der Waals surface area contributed by atoms with E-state index >= 15 is 0 Å². The van der Waals surface area contributed by atoms with E-state index in [1.165, 1.54) is 0 Å². The summed E-state index contributed by atoms with van der Waals surface area (Å²) in [6.07, 6.45) is 0. The van der Waals surface area contributed by atoms with Crippen LogP contribution >= 0.6 is 0 Å². The lowest BCUT2D eigenvalue weighted by Gasteiger charge is -2.13. The van der Waals surface area contributed by atoms with Gasteiger partial charge in [0.05, 0.1) is 23.3 Å². The van der Waals surface area contributed by atoms with Crippen molar-refractivity contribution in [2.75, 3.05) is 0 Å². The van der Waals surface area contributed by atoms with Gasteiger partial charge in [0.25, 0.3) is 0 Å². The highest BCUT2D eigenvalue weighted by Crippen LogP contribution is 2.35. The standard InChI is InChI=1S/C47H29N5/c48-30-32-14-18-34(19-15-32)35-22-24-37(25-23-35)42-27-43(41-13-7-12-40(26-41)36-20-16-33(31-49)17-21-36)29-44(28-42)47-51-45(38-8-3-1-4-9-38)50-46(52-47)39-10-5-2-6-11-39/h1-29H. The molecule has 0 N–H and O–H groups in total. The molecule has 52 heavy (non-hydrogen) atoms. The maximum absolute atomic E-state index is 9.31. The first-order valence-corrected chi connectivity index (χ1v) is 16.9. The van der Waals surface area contributed by atoms with Crippen molar-refractivity contribution in [1.82, 2.24) is 15.0 Å². The number of rotatable bonds is 7. The first-order valence-electron chi connectivity index (χ1n) is 16.9. The van der Waals surface area contributed by atoms with Crippen LogP contribution in [0.5, 0.6) is 0 Å². The zero-order chi connectivity index (χ0) is 35.3. The lowest BCUT2D eigenvalue weighted by molar-refractivity contribution is 1.07. The van der Waals surface area contributed by atoms with Gasteiger partial charge in [-0.3, -0.25) is 0 Å². The van der Waals surface area contributed by atoms with Crippen molar-refractivity contribution >= 4 is 0 Å². The highest BCUT2D eigenvalue weighted by atomic mass is 15.0. The monoisotopic (exact) mass is 663 g/mol. The summed E-state index contributed by atoms with van der Waals surface area (Å²) in [4.78, 5) is 15.0. The predicted octanol–water partition coefficient (Wildman–Crippen LogP) is 11.3. The van der Waals surface area contributed by atoms with Gasteiger partial charge >= 0.3 is 0 Å². The number of aromatic nitrogens is 3. The Morgan fingerprint density at radius 2 is 0.577 bits per heavy atom. The van der Waals surface area contributed by atoms with E-state index in [9.17, 15) is 10.5 Å². The highest BCUT2D eigenvalue weighted by Gasteiger charge is 2.15. The van der Waals surface area contributed by atoms with Crippen LogP contribution in [0.25, 0.3) is 78.7 Å². The molecular weight excluding hydrogens is 635 g/mol. The summed E-state index contributed by atoms with van der Waals surface area (Å²) in [5.41, 5.74) is 12.3. The van der Waals surface area contributed by atoms with Crippen LogP contribution in [0, 0.1) is 22.7 Å². The molecule has 8 rings (SSSR count). The second kappa shape index (κ2) is 14.2. The minimum Gasteiger partial charge on any atom is -0.208 e. The van der Waals surface area contributed by atoms with Crippen molar-refractivity contribution in [1.29, 1.82) is 10.5 Å². The third-order valence-electron chi connectivity index (χ3n) is 9.00. The zero-order valence-electron chi connectivity index (χ0n) is 28.0. The Balaban J connectivity index is 1.28. The molecule has 5 heteroatoms. The topological polar surface area (TPSA) is 86.2 Å². The molecule has 1 heterocycles. The second-order valence-electron chi connectivity index (χ2n) is 12.4. The van der Waals surface area contributed by atoms with Crippen molar-refractivity contribution < 1.29 is 0 Å². The van der Waals surface area contributed by atoms with Crippen LogP contribution in [-0.4, -0.2) is 15.0 Å². The van der Waals surface area contributed by atoms with Crippen LogP contribution in [-0.2, 0) is 0 Å². The fourth-order valence-electron chi connectivity index (χ4n) is 6.24. The summed E-state index contributed by atoms with van der Waals surface area (Å²) in [7, 11) is 0. The number of hydrogen-bond donors (Lipinski definition) is 0. The van der Waals surface area contributed by atoms with Gasteiger partial charge in [-0.15, -0.1) is 0 Å². The van der Waals surface area contributed by atoms with Gasteiger partial charge < -0.3 is 0 Å². The normalized spacial score (nSPS) is 10.7. The molecule has 5 nitrogen and oxygen atoms in total. The summed E-state index contributed by atoms with van der Waals surface area (Å²) >= 11 is 0. The zero-order valence-corrected chi connectivity index (χ0v) is 28.0. The molecule has 0 atom stereocenters. The first-order chi connectivity index (χ1) is 25.6. The lowest BCUT2D eigenvalue weighted by Crippen LogP contribution is -2.00. The summed E-state index contributed by atoms with van der Waals surface area (Å²) in [6, 6.07) is 63.1. The quantitative estimate of drug-likeness (QED) is 0.169. The Morgan fingerprint density at radius 3 is 1.04 bits per heavy atom. The number of nitriles is 2. The third-order valence-corrected chi connectivity index (χ3v) is 9.00. The van der Waals surface area contributed by atoms with E-state index < -0.39 is 0 Å². The van der Waals surface area contributed by atoms with Gasteiger partial charge in [-0.25, -0.2) is 15.0 Å². The van der Waals surface area contributed by atoms with Gasteiger partial charge in [0.15, 0.2) is 17.5 Å². The second-order valence-corrected chi connectivity index (χ2v) is 12.4. The van der Waals surface area contributed by atoms with Gasteiger partial charge in [-0.1, -0.05) is 127 Å². The Morgan fingerprint density at radius 1 is 0.269 bits per heavy atom. The SMILES string of the molecule is N#Cc1ccc(-c2ccc(-c3cc(-c4cccc(-c5ccc(C#N)cc5)c4)cc(-c4nc(-c5ccccc5)nc(-c5ccccc5)n4)c3)cc2)cc1. The van der Waals surface area contributed by atoms with Crippen molar-refractivity contribution in [2.24, 2.45) is 0 Å². The number of nitrogens with zero attached hydrogens (tertiary/aromatic N) is 5. The molecule has 0 amide bonds. The van der Waals surface area contributed by atoms with E-state index in [1.807, 2.05) is 109 Å². The molecule has 0 radical (unpaired) electrons. The van der Waals surface area contributed by atoms with Crippen LogP contribution in [0.15, 0.2) is 176 Å². The fraction of sp³-hybridized carbons (Fsp3) is 0. The third kappa shape index (κ3) is 6.71. The van der Waals surface area contributed by atoms with Crippen LogP contribution in [0.2, 0.25) is 0 Å². The smallest absolute Gasteiger partial charge is 0.164 e. The summed E-state index contributed by atoms with van der Waals surface area (Å²) in [5, 5.41) is 18.6. The van der Waals surface area contributed by atoms with E-state index in [2.05, 4.69) is 78.9 Å². The first kappa shape index (κ1) is 31.8. The Labute approximate surface area is 302 Å². The number of hydrogen-bond acceptors (Lipinski definition) is 5. The molecule has 0 aliphatic heterocycles. The van der Waals surface area contributed by atoms with Crippen LogP contribution in [0.3, 0.4) is 0 Å². The molecule has 0 unspecified atom stereocenters. The molecule has 0 bridgehead atoms. The van der Waals surface area contributed by atoms with Gasteiger partial charge in [-0.2, -0.15) is 10.5 Å². The molecule has 0 aliphatic carbocycles. The van der Waals surface area contributed by atoms with Gasteiger partial charge in [0, 0.05) is 16.7 Å². The Hall–Kier alpha value is -7.47. The Bertz CT molecular complexity index is 2540. The van der Waals surface area contributed by atoms with E-state index in [4.69, 9.17) is 15.0 Å². The average Bonchev–Trinajstić information content (AvgIpc) is 3.24. The van der Waals surface area contributed by atoms with Gasteiger partial charge in [0.2, 0.25) is 0 Å². The van der Waals surface area contributed by atoms with Crippen molar-refractivity contribution in [3.05, 3.63) is 187 Å². The molecule has 1 aromatic heterocycles. The molecule has 0 saturated heterocycles. The van der Waals surface area contributed by atoms with Crippen LogP contribution in [0.4, 0.5) is 0 Å². The van der Waals surface area contributed by atoms with E-state index in [0.29, 0.717) is 28.6 Å². The maximum atomic E-state index is 9.31. The van der Waals surface area contributed by atoms with Crippen LogP contribution in [0.1, 0.15) is 11.1 Å².